The number of hydrogen-bond acceptors (Lipinski definition) is 8. The van der Waals surface area contributed by atoms with Crippen LogP contribution in [0.1, 0.15) is 12.8 Å². The largest absolute Gasteiger partial charge is 0.423 e. The maximum atomic E-state index is 12.1. The summed E-state index contributed by atoms with van der Waals surface area (Å²) in [5.41, 5.74) is 1.82. The van der Waals surface area contributed by atoms with Gasteiger partial charge >= 0.3 is 0 Å². The molecule has 2 aliphatic heterocycles. The summed E-state index contributed by atoms with van der Waals surface area (Å²) in [6, 6.07) is 4.71. The molecule has 1 N–H and O–H groups in total. The third-order valence-corrected chi connectivity index (χ3v) is 6.93. The lowest BCUT2D eigenvalue weighted by atomic mass is 10.2. The molecule has 2 aliphatic rings. The summed E-state index contributed by atoms with van der Waals surface area (Å²) in [4.78, 5) is 11.3. The minimum absolute atomic E-state index is 0.232. The molecule has 2 aromatic heterocycles. The molecule has 0 radical (unpaired) electrons. The van der Waals surface area contributed by atoms with E-state index in [0.29, 0.717) is 34.8 Å². The van der Waals surface area contributed by atoms with Crippen LogP contribution in [0.4, 0.5) is 6.01 Å². The van der Waals surface area contributed by atoms with Crippen molar-refractivity contribution in [3.63, 3.8) is 0 Å². The van der Waals surface area contributed by atoms with E-state index in [1.54, 1.807) is 18.3 Å². The van der Waals surface area contributed by atoms with Crippen molar-refractivity contribution >= 4 is 38.3 Å². The summed E-state index contributed by atoms with van der Waals surface area (Å²) in [5, 5.41) is 6.17. The van der Waals surface area contributed by atoms with Crippen molar-refractivity contribution in [3.05, 3.63) is 23.7 Å². The second-order valence-corrected chi connectivity index (χ2v) is 9.88. The van der Waals surface area contributed by atoms with Crippen LogP contribution in [-0.2, 0) is 9.84 Å². The number of benzene rings is 1. The van der Waals surface area contributed by atoms with E-state index in [4.69, 9.17) is 4.42 Å². The average Bonchev–Trinajstić information content (AvgIpc) is 3.32. The van der Waals surface area contributed by atoms with Gasteiger partial charge in [-0.15, -0.1) is 11.3 Å². The third kappa shape index (κ3) is 2.70. The SMILES string of the molecule is CS(=O)(=O)c1cc(-c2nccs2)c2oc(N3CC4CCC(C3)N4)nc2c1. The zero-order valence-electron chi connectivity index (χ0n) is 14.2. The lowest BCUT2D eigenvalue weighted by molar-refractivity contribution is 0.437. The Bertz CT molecular complexity index is 1060. The molecule has 4 heterocycles. The molecule has 0 saturated carbocycles. The smallest absolute Gasteiger partial charge is 0.298 e. The molecule has 2 bridgehead atoms. The molecule has 2 atom stereocenters. The van der Waals surface area contributed by atoms with Gasteiger partial charge in [0.2, 0.25) is 0 Å². The van der Waals surface area contributed by atoms with Crippen LogP contribution in [0.5, 0.6) is 0 Å². The Balaban J connectivity index is 1.66. The van der Waals surface area contributed by atoms with E-state index < -0.39 is 9.84 Å². The molecule has 26 heavy (non-hydrogen) atoms. The molecule has 0 spiro atoms. The van der Waals surface area contributed by atoms with Gasteiger partial charge in [-0.25, -0.2) is 13.4 Å². The van der Waals surface area contributed by atoms with E-state index in [9.17, 15) is 8.42 Å². The van der Waals surface area contributed by atoms with Crippen molar-refractivity contribution < 1.29 is 12.8 Å². The molecule has 5 rings (SSSR count). The van der Waals surface area contributed by atoms with Gasteiger partial charge in [0.05, 0.1) is 10.5 Å². The Hall–Kier alpha value is -1.97. The van der Waals surface area contributed by atoms with Crippen LogP contribution < -0.4 is 10.2 Å². The molecule has 1 aromatic carbocycles. The van der Waals surface area contributed by atoms with Crippen molar-refractivity contribution in [2.24, 2.45) is 0 Å². The molecule has 3 aromatic rings. The van der Waals surface area contributed by atoms with Gasteiger partial charge in [0.15, 0.2) is 15.4 Å². The minimum Gasteiger partial charge on any atom is -0.423 e. The number of fused-ring (bicyclic) bond motifs is 3. The number of oxazole rings is 1. The molecule has 2 fully saturated rings. The lowest BCUT2D eigenvalue weighted by Crippen LogP contribution is -2.51. The Labute approximate surface area is 155 Å². The van der Waals surface area contributed by atoms with Gasteiger partial charge in [0, 0.05) is 43.0 Å². The quantitative estimate of drug-likeness (QED) is 0.734. The van der Waals surface area contributed by atoms with Crippen molar-refractivity contribution in [1.29, 1.82) is 0 Å². The zero-order chi connectivity index (χ0) is 17.9. The van der Waals surface area contributed by atoms with Crippen LogP contribution in [0, 0.1) is 0 Å². The highest BCUT2D eigenvalue weighted by molar-refractivity contribution is 7.90. The predicted molar refractivity (Wildman–Crippen MR) is 100 cm³/mol. The first kappa shape index (κ1) is 16.2. The Morgan fingerprint density at radius 2 is 2.04 bits per heavy atom. The summed E-state index contributed by atoms with van der Waals surface area (Å²) in [6.45, 7) is 1.71. The van der Waals surface area contributed by atoms with E-state index in [1.807, 2.05) is 5.38 Å². The van der Waals surface area contributed by atoms with Gasteiger partial charge in [-0.05, 0) is 25.0 Å². The summed E-state index contributed by atoms with van der Waals surface area (Å²) >= 11 is 1.45. The number of nitrogens with zero attached hydrogens (tertiary/aromatic N) is 3. The van der Waals surface area contributed by atoms with Crippen LogP contribution >= 0.6 is 11.3 Å². The summed E-state index contributed by atoms with van der Waals surface area (Å²) in [6.07, 6.45) is 5.24. The van der Waals surface area contributed by atoms with E-state index in [-0.39, 0.29) is 4.90 Å². The second-order valence-electron chi connectivity index (χ2n) is 6.97. The lowest BCUT2D eigenvalue weighted by Gasteiger charge is -2.31. The molecular weight excluding hydrogens is 372 g/mol. The van der Waals surface area contributed by atoms with Crippen LogP contribution in [0.2, 0.25) is 0 Å². The van der Waals surface area contributed by atoms with Gasteiger partial charge < -0.3 is 14.6 Å². The van der Waals surface area contributed by atoms with Crippen LogP contribution in [0.25, 0.3) is 21.7 Å². The summed E-state index contributed by atoms with van der Waals surface area (Å²) in [5.74, 6) is 0. The molecule has 2 unspecified atom stereocenters. The zero-order valence-corrected chi connectivity index (χ0v) is 15.8. The first-order valence-electron chi connectivity index (χ1n) is 8.53. The summed E-state index contributed by atoms with van der Waals surface area (Å²) in [7, 11) is -3.36. The van der Waals surface area contributed by atoms with Crippen LogP contribution in [0.3, 0.4) is 0 Å². The predicted octanol–water partition coefficient (Wildman–Crippen LogP) is 2.30. The molecule has 0 aliphatic carbocycles. The van der Waals surface area contributed by atoms with E-state index in [0.717, 1.165) is 18.1 Å². The molecule has 7 nitrogen and oxygen atoms in total. The maximum Gasteiger partial charge on any atom is 0.298 e. The topological polar surface area (TPSA) is 88.3 Å². The number of anilines is 1. The fourth-order valence-electron chi connectivity index (χ4n) is 3.81. The maximum absolute atomic E-state index is 12.1. The third-order valence-electron chi connectivity index (χ3n) is 5.03. The number of sulfone groups is 1. The fraction of sp³-hybridized carbons (Fsp3) is 0.412. The normalized spacial score (nSPS) is 23.0. The molecule has 9 heteroatoms. The number of aromatic nitrogens is 2. The Morgan fingerprint density at radius 3 is 2.69 bits per heavy atom. The molecule has 0 amide bonds. The number of hydrogen-bond donors (Lipinski definition) is 1. The van der Waals surface area contributed by atoms with Crippen molar-refractivity contribution in [2.75, 3.05) is 24.2 Å². The Morgan fingerprint density at radius 1 is 1.27 bits per heavy atom. The van der Waals surface area contributed by atoms with Crippen molar-refractivity contribution in [1.82, 2.24) is 15.3 Å². The van der Waals surface area contributed by atoms with Crippen molar-refractivity contribution in [3.8, 4) is 10.6 Å². The number of thiazole rings is 1. The molecule has 136 valence electrons. The molecule has 2 saturated heterocycles. The van der Waals surface area contributed by atoms with Crippen molar-refractivity contribution in [2.45, 2.75) is 29.8 Å². The highest BCUT2D eigenvalue weighted by Gasteiger charge is 2.34. The Kier molecular flexibility index (Phi) is 3.60. The first-order valence-corrected chi connectivity index (χ1v) is 11.3. The first-order chi connectivity index (χ1) is 12.5. The highest BCUT2D eigenvalue weighted by atomic mass is 32.2. The average molecular weight is 390 g/mol. The number of nitrogens with one attached hydrogen (secondary N) is 1. The van der Waals surface area contributed by atoms with Crippen LogP contribution in [0.15, 0.2) is 33.0 Å². The van der Waals surface area contributed by atoms with Gasteiger partial charge in [0.25, 0.3) is 6.01 Å². The fourth-order valence-corrected chi connectivity index (χ4v) is 5.12. The van der Waals surface area contributed by atoms with Crippen LogP contribution in [-0.4, -0.2) is 49.8 Å². The second kappa shape index (κ2) is 5.77. The molecular formula is C17H18N4O3S2. The highest BCUT2D eigenvalue weighted by Crippen LogP contribution is 2.36. The van der Waals surface area contributed by atoms with Gasteiger partial charge in [0.1, 0.15) is 10.5 Å². The standard InChI is InChI=1S/C17H18N4O3S2/c1-26(22,23)12-6-13(16-18-4-5-25-16)15-14(7-12)20-17(24-15)21-8-10-2-3-11(9-21)19-10/h4-7,10-11,19H,2-3,8-9H2,1H3. The van der Waals surface area contributed by atoms with Gasteiger partial charge in [-0.1, -0.05) is 0 Å². The van der Waals surface area contributed by atoms with Gasteiger partial charge in [-0.3, -0.25) is 0 Å². The number of rotatable bonds is 3. The minimum atomic E-state index is -3.36. The van der Waals surface area contributed by atoms with Gasteiger partial charge in [-0.2, -0.15) is 4.98 Å². The summed E-state index contributed by atoms with van der Waals surface area (Å²) < 4.78 is 30.3. The van der Waals surface area contributed by atoms with E-state index in [2.05, 4.69) is 20.2 Å². The van der Waals surface area contributed by atoms with E-state index >= 15 is 0 Å². The number of piperazine rings is 1. The monoisotopic (exact) mass is 390 g/mol. The van der Waals surface area contributed by atoms with E-state index in [1.165, 1.54) is 30.4 Å².